The molecule has 3 rings (SSSR count). The Morgan fingerprint density at radius 1 is 1.04 bits per heavy atom. The number of likely N-dealkylation sites (tertiary alicyclic amines) is 1. The Balaban J connectivity index is 1.58. The Hall–Kier alpha value is -1.85. The minimum Gasteiger partial charge on any atom is -0.326 e. The van der Waals surface area contributed by atoms with Crippen molar-refractivity contribution in [1.82, 2.24) is 4.90 Å². The third-order valence-electron chi connectivity index (χ3n) is 4.31. The minimum atomic E-state index is -0.304. The molecule has 1 fully saturated rings. The molecule has 0 saturated carbocycles. The first kappa shape index (κ1) is 17.0. The number of carbonyl (C=O) groups is 3. The normalized spacial score (nSPS) is 22.7. The number of benzene rings is 1. The van der Waals surface area contributed by atoms with Crippen molar-refractivity contribution in [3.8, 4) is 0 Å². The van der Waals surface area contributed by atoms with Crippen LogP contribution in [0.1, 0.15) is 19.3 Å². The van der Waals surface area contributed by atoms with E-state index in [1.54, 1.807) is 18.2 Å². The molecule has 2 aliphatic rings. The van der Waals surface area contributed by atoms with Crippen LogP contribution in [0.15, 0.2) is 30.4 Å². The van der Waals surface area contributed by atoms with Crippen LogP contribution in [0.25, 0.3) is 0 Å². The molecule has 5 nitrogen and oxygen atoms in total. The van der Waals surface area contributed by atoms with Gasteiger partial charge in [0.15, 0.2) is 0 Å². The predicted octanol–water partition coefficient (Wildman–Crippen LogP) is 3.27. The number of imide groups is 1. The molecular formula is C17H16Cl2N2O3. The van der Waals surface area contributed by atoms with E-state index in [-0.39, 0.29) is 42.5 Å². The minimum absolute atomic E-state index is 0.0362. The molecule has 1 aliphatic carbocycles. The molecule has 1 heterocycles. The van der Waals surface area contributed by atoms with Crippen LogP contribution in [0.4, 0.5) is 5.69 Å². The van der Waals surface area contributed by atoms with Crippen LogP contribution in [0.2, 0.25) is 10.0 Å². The van der Waals surface area contributed by atoms with Crippen LogP contribution >= 0.6 is 23.2 Å². The van der Waals surface area contributed by atoms with Crippen molar-refractivity contribution in [3.63, 3.8) is 0 Å². The lowest BCUT2D eigenvalue weighted by atomic mass is 9.85. The van der Waals surface area contributed by atoms with Crippen molar-refractivity contribution in [2.24, 2.45) is 11.8 Å². The average molecular weight is 367 g/mol. The molecule has 1 aromatic rings. The van der Waals surface area contributed by atoms with E-state index in [1.165, 1.54) is 4.90 Å². The maximum absolute atomic E-state index is 12.3. The van der Waals surface area contributed by atoms with Gasteiger partial charge in [0.25, 0.3) is 0 Å². The van der Waals surface area contributed by atoms with Gasteiger partial charge in [-0.15, -0.1) is 0 Å². The van der Waals surface area contributed by atoms with Gasteiger partial charge in [0.05, 0.1) is 11.8 Å². The van der Waals surface area contributed by atoms with Crippen molar-refractivity contribution < 1.29 is 14.4 Å². The van der Waals surface area contributed by atoms with E-state index in [0.717, 1.165) is 0 Å². The summed E-state index contributed by atoms with van der Waals surface area (Å²) in [6.07, 6.45) is 5.10. The second-order valence-corrected chi connectivity index (χ2v) is 6.81. The molecule has 126 valence electrons. The third kappa shape index (κ3) is 3.47. The van der Waals surface area contributed by atoms with Gasteiger partial charge in [-0.05, 0) is 31.0 Å². The Labute approximate surface area is 149 Å². The molecule has 0 spiro atoms. The van der Waals surface area contributed by atoms with Crippen molar-refractivity contribution in [3.05, 3.63) is 40.4 Å². The summed E-state index contributed by atoms with van der Waals surface area (Å²) in [4.78, 5) is 37.9. The van der Waals surface area contributed by atoms with Gasteiger partial charge in [-0.25, -0.2) is 0 Å². The molecule has 2 atom stereocenters. The standard InChI is InChI=1S/C17H16Cl2N2O3/c18-10-7-11(19)9-12(8-10)20-15(22)5-6-21-16(23)13-3-1-2-4-14(13)17(21)24/h1-2,7-9,13-14H,3-6H2,(H,20,22)/t13-,14-/m0/s1. The van der Waals surface area contributed by atoms with E-state index in [9.17, 15) is 14.4 Å². The first-order chi connectivity index (χ1) is 11.5. The van der Waals surface area contributed by atoms with Gasteiger partial charge in [-0.1, -0.05) is 35.4 Å². The van der Waals surface area contributed by atoms with Gasteiger partial charge in [0.2, 0.25) is 17.7 Å². The van der Waals surface area contributed by atoms with Crippen LogP contribution in [-0.4, -0.2) is 29.2 Å². The summed E-state index contributed by atoms with van der Waals surface area (Å²) in [7, 11) is 0. The molecule has 1 aliphatic heterocycles. The fourth-order valence-corrected chi connectivity index (χ4v) is 3.68. The molecule has 1 saturated heterocycles. The summed E-state index contributed by atoms with van der Waals surface area (Å²) in [6.45, 7) is 0.0881. The summed E-state index contributed by atoms with van der Waals surface area (Å²) in [5.41, 5.74) is 0.481. The van der Waals surface area contributed by atoms with E-state index in [2.05, 4.69) is 5.32 Å². The number of amides is 3. The van der Waals surface area contributed by atoms with Gasteiger partial charge in [-0.3, -0.25) is 19.3 Å². The van der Waals surface area contributed by atoms with Crippen LogP contribution in [0.3, 0.4) is 0 Å². The number of rotatable bonds is 4. The zero-order chi connectivity index (χ0) is 17.3. The van der Waals surface area contributed by atoms with E-state index in [1.807, 2.05) is 12.2 Å². The van der Waals surface area contributed by atoms with Crippen molar-refractivity contribution in [2.75, 3.05) is 11.9 Å². The molecule has 0 bridgehead atoms. The molecule has 0 radical (unpaired) electrons. The number of nitrogens with zero attached hydrogens (tertiary/aromatic N) is 1. The first-order valence-electron chi connectivity index (χ1n) is 7.72. The lowest BCUT2D eigenvalue weighted by molar-refractivity contribution is -0.140. The highest BCUT2D eigenvalue weighted by Gasteiger charge is 2.46. The van der Waals surface area contributed by atoms with Gasteiger partial charge in [0, 0.05) is 28.7 Å². The Morgan fingerprint density at radius 3 is 2.12 bits per heavy atom. The summed E-state index contributed by atoms with van der Waals surface area (Å²) in [6, 6.07) is 4.73. The fraction of sp³-hybridized carbons (Fsp3) is 0.353. The molecule has 1 N–H and O–H groups in total. The Kier molecular flexibility index (Phi) is 4.92. The molecule has 0 unspecified atom stereocenters. The fourth-order valence-electron chi connectivity index (χ4n) is 3.15. The summed E-state index contributed by atoms with van der Waals surface area (Å²) in [5.74, 6) is -1.18. The molecule has 7 heteroatoms. The molecule has 1 aromatic carbocycles. The summed E-state index contributed by atoms with van der Waals surface area (Å²) in [5, 5.41) is 3.50. The number of fused-ring (bicyclic) bond motifs is 1. The first-order valence-corrected chi connectivity index (χ1v) is 8.47. The summed E-state index contributed by atoms with van der Waals surface area (Å²) >= 11 is 11.8. The van der Waals surface area contributed by atoms with E-state index < -0.39 is 0 Å². The summed E-state index contributed by atoms with van der Waals surface area (Å²) < 4.78 is 0. The second-order valence-electron chi connectivity index (χ2n) is 5.94. The molecule has 0 aromatic heterocycles. The Bertz CT molecular complexity index is 686. The number of carbonyl (C=O) groups excluding carboxylic acids is 3. The highest BCUT2D eigenvalue weighted by molar-refractivity contribution is 6.35. The number of anilines is 1. The van der Waals surface area contributed by atoms with Gasteiger partial charge >= 0.3 is 0 Å². The highest BCUT2D eigenvalue weighted by atomic mass is 35.5. The van der Waals surface area contributed by atoms with E-state index in [0.29, 0.717) is 28.6 Å². The van der Waals surface area contributed by atoms with Crippen LogP contribution in [-0.2, 0) is 14.4 Å². The monoisotopic (exact) mass is 366 g/mol. The van der Waals surface area contributed by atoms with Gasteiger partial charge < -0.3 is 5.32 Å². The molecule has 24 heavy (non-hydrogen) atoms. The SMILES string of the molecule is O=C(CCN1C(=O)[C@H]2CC=CC[C@@H]2C1=O)Nc1cc(Cl)cc(Cl)c1. The third-order valence-corrected chi connectivity index (χ3v) is 4.74. The quantitative estimate of drug-likeness (QED) is 0.656. The Morgan fingerprint density at radius 2 is 1.58 bits per heavy atom. The van der Waals surface area contributed by atoms with Gasteiger partial charge in [0.1, 0.15) is 0 Å². The number of nitrogens with one attached hydrogen (secondary N) is 1. The van der Waals surface area contributed by atoms with Gasteiger partial charge in [-0.2, -0.15) is 0 Å². The second kappa shape index (κ2) is 6.95. The largest absolute Gasteiger partial charge is 0.326 e. The maximum Gasteiger partial charge on any atom is 0.233 e. The van der Waals surface area contributed by atoms with Crippen molar-refractivity contribution in [2.45, 2.75) is 19.3 Å². The lowest BCUT2D eigenvalue weighted by Gasteiger charge is -2.14. The predicted molar refractivity (Wildman–Crippen MR) is 91.8 cm³/mol. The van der Waals surface area contributed by atoms with Crippen LogP contribution < -0.4 is 5.32 Å². The molecular weight excluding hydrogens is 351 g/mol. The zero-order valence-corrected chi connectivity index (χ0v) is 14.3. The lowest BCUT2D eigenvalue weighted by Crippen LogP contribution is -2.34. The smallest absolute Gasteiger partial charge is 0.233 e. The topological polar surface area (TPSA) is 66.5 Å². The number of hydrogen-bond donors (Lipinski definition) is 1. The number of halogens is 2. The van der Waals surface area contributed by atoms with Crippen LogP contribution in [0.5, 0.6) is 0 Å². The van der Waals surface area contributed by atoms with Crippen molar-refractivity contribution in [1.29, 1.82) is 0 Å². The average Bonchev–Trinajstić information content (AvgIpc) is 2.76. The maximum atomic E-state index is 12.3. The number of allylic oxidation sites excluding steroid dienone is 2. The number of hydrogen-bond acceptors (Lipinski definition) is 3. The zero-order valence-electron chi connectivity index (χ0n) is 12.8. The van der Waals surface area contributed by atoms with Crippen molar-refractivity contribution >= 4 is 46.6 Å². The van der Waals surface area contributed by atoms with E-state index >= 15 is 0 Å². The highest BCUT2D eigenvalue weighted by Crippen LogP contribution is 2.35. The van der Waals surface area contributed by atoms with E-state index in [4.69, 9.17) is 23.2 Å². The van der Waals surface area contributed by atoms with Crippen LogP contribution in [0, 0.1) is 11.8 Å². The molecule has 3 amide bonds.